The fourth-order valence-corrected chi connectivity index (χ4v) is 3.74. The molecule has 1 unspecified atom stereocenters. The molecule has 1 atom stereocenters. The minimum atomic E-state index is -3.93. The van der Waals surface area contributed by atoms with E-state index in [4.69, 9.17) is 19.5 Å². The number of halogens is 1. The number of hydroxylamine groups is 2. The summed E-state index contributed by atoms with van der Waals surface area (Å²) in [5, 5.41) is 6.99. The molecule has 0 bridgehead atoms. The summed E-state index contributed by atoms with van der Waals surface area (Å²) in [4.78, 5) is 5.88. The Morgan fingerprint density at radius 3 is 2.40 bits per heavy atom. The Hall–Kier alpha value is -2.36. The molecule has 0 aliphatic heterocycles. The molecule has 2 rings (SSSR count). The summed E-state index contributed by atoms with van der Waals surface area (Å²) in [5.41, 5.74) is 0.746. The molecule has 7 nitrogen and oxygen atoms in total. The molecule has 0 spiro atoms. The number of rotatable bonds is 11. The second kappa shape index (κ2) is 10.6. The van der Waals surface area contributed by atoms with Crippen molar-refractivity contribution in [3.63, 3.8) is 0 Å². The number of sulfonamides is 1. The van der Waals surface area contributed by atoms with E-state index in [1.807, 2.05) is 20.8 Å². The highest BCUT2D eigenvalue weighted by molar-refractivity contribution is 7.89. The third kappa shape index (κ3) is 6.32. The van der Waals surface area contributed by atoms with E-state index in [9.17, 15) is 12.8 Å². The molecule has 0 amide bonds. The van der Waals surface area contributed by atoms with Crippen molar-refractivity contribution in [3.05, 3.63) is 47.8 Å². The van der Waals surface area contributed by atoms with E-state index >= 15 is 0 Å². The second-order valence-corrected chi connectivity index (χ2v) is 8.38. The Bertz CT molecular complexity index is 952. The number of ether oxygens (including phenoxy) is 2. The molecule has 166 valence electrons. The van der Waals surface area contributed by atoms with Gasteiger partial charge in [0.25, 0.3) is 0 Å². The summed E-state index contributed by atoms with van der Waals surface area (Å²) in [6.07, 6.45) is 1.29. The fraction of sp³-hybridized carbons (Fsp3) is 0.429. The van der Waals surface area contributed by atoms with Crippen molar-refractivity contribution < 1.29 is 27.1 Å². The summed E-state index contributed by atoms with van der Waals surface area (Å²) in [6.45, 7) is 6.83. The average molecular weight is 441 g/mol. The first-order valence-electron chi connectivity index (χ1n) is 9.76. The van der Waals surface area contributed by atoms with Crippen LogP contribution in [0, 0.1) is 5.82 Å². The number of methoxy groups -OCH3 is 1. The molecule has 0 saturated carbocycles. The lowest BCUT2D eigenvalue weighted by Crippen LogP contribution is -2.37. The number of hydrogen-bond acceptors (Lipinski definition) is 6. The van der Waals surface area contributed by atoms with Crippen molar-refractivity contribution in [2.45, 2.75) is 44.6 Å². The molecule has 9 heteroatoms. The van der Waals surface area contributed by atoms with E-state index in [0.717, 1.165) is 12.0 Å². The van der Waals surface area contributed by atoms with Gasteiger partial charge in [-0.05, 0) is 56.5 Å². The molecule has 2 aromatic rings. The highest BCUT2D eigenvalue weighted by Gasteiger charge is 2.20. The van der Waals surface area contributed by atoms with Crippen LogP contribution in [0.1, 0.15) is 32.8 Å². The van der Waals surface area contributed by atoms with Gasteiger partial charge in [0.05, 0.1) is 13.7 Å². The topological polar surface area (TPSA) is 91.1 Å². The van der Waals surface area contributed by atoms with Crippen molar-refractivity contribution >= 4 is 10.0 Å². The second-order valence-electron chi connectivity index (χ2n) is 6.85. The lowest BCUT2D eigenvalue weighted by atomic mass is 10.1. The first kappa shape index (κ1) is 23.9. The van der Waals surface area contributed by atoms with Gasteiger partial charge in [0, 0.05) is 18.7 Å². The van der Waals surface area contributed by atoms with Gasteiger partial charge in [0.1, 0.15) is 16.5 Å². The van der Waals surface area contributed by atoms with Gasteiger partial charge >= 0.3 is 0 Å². The number of primary sulfonamides is 1. The predicted octanol–water partition coefficient (Wildman–Crippen LogP) is 3.52. The van der Waals surface area contributed by atoms with Crippen LogP contribution in [-0.4, -0.2) is 39.8 Å². The van der Waals surface area contributed by atoms with E-state index in [2.05, 4.69) is 0 Å². The van der Waals surface area contributed by atoms with E-state index in [1.165, 1.54) is 25.3 Å². The SMILES string of the molecule is CCCOc1ccc(F)cc1ON(CC)C(C)Cc1ccc(OC)c(S(N)(=O)=O)c1. The zero-order valence-electron chi connectivity index (χ0n) is 17.7. The highest BCUT2D eigenvalue weighted by Crippen LogP contribution is 2.30. The lowest BCUT2D eigenvalue weighted by Gasteiger charge is -2.28. The van der Waals surface area contributed by atoms with E-state index in [1.54, 1.807) is 23.3 Å². The van der Waals surface area contributed by atoms with Crippen LogP contribution in [0.15, 0.2) is 41.3 Å². The van der Waals surface area contributed by atoms with Gasteiger partial charge in [-0.25, -0.2) is 17.9 Å². The molecule has 0 aliphatic rings. The maximum absolute atomic E-state index is 13.8. The van der Waals surface area contributed by atoms with Gasteiger partial charge in [-0.3, -0.25) is 0 Å². The molecule has 0 heterocycles. The van der Waals surface area contributed by atoms with Crippen LogP contribution in [0.4, 0.5) is 4.39 Å². The van der Waals surface area contributed by atoms with Gasteiger partial charge in [-0.2, -0.15) is 0 Å². The third-order valence-electron chi connectivity index (χ3n) is 4.45. The summed E-state index contributed by atoms with van der Waals surface area (Å²) >= 11 is 0. The quantitative estimate of drug-likeness (QED) is 0.538. The molecule has 2 aromatic carbocycles. The number of hydrogen-bond donors (Lipinski definition) is 1. The zero-order chi connectivity index (χ0) is 22.3. The van der Waals surface area contributed by atoms with E-state index < -0.39 is 15.8 Å². The standard InChI is InChI=1S/C21H29FN2O5S/c1-5-11-28-18-10-8-17(22)14-20(18)29-24(6-2)15(3)12-16-7-9-19(27-4)21(13-16)30(23,25)26/h7-10,13-15H,5-6,11-12H2,1-4H3,(H2,23,25,26). The fourth-order valence-electron chi connectivity index (χ4n) is 2.99. The molecule has 0 radical (unpaired) electrons. The number of nitrogens with two attached hydrogens (primary N) is 1. The predicted molar refractivity (Wildman–Crippen MR) is 113 cm³/mol. The molecular weight excluding hydrogens is 411 g/mol. The Morgan fingerprint density at radius 2 is 1.80 bits per heavy atom. The molecule has 2 N–H and O–H groups in total. The van der Waals surface area contributed by atoms with Crippen LogP contribution >= 0.6 is 0 Å². The van der Waals surface area contributed by atoms with E-state index in [0.29, 0.717) is 25.3 Å². The number of benzene rings is 2. The van der Waals surface area contributed by atoms with Crippen LogP contribution in [0.2, 0.25) is 0 Å². The first-order valence-corrected chi connectivity index (χ1v) is 11.3. The normalized spacial score (nSPS) is 12.6. The van der Waals surface area contributed by atoms with Gasteiger partial charge in [0.15, 0.2) is 11.5 Å². The Labute approximate surface area is 177 Å². The molecule has 0 aromatic heterocycles. The van der Waals surface area contributed by atoms with Crippen molar-refractivity contribution in [2.24, 2.45) is 5.14 Å². The Kier molecular flexibility index (Phi) is 8.45. The minimum absolute atomic E-state index is 0.0703. The van der Waals surface area contributed by atoms with Gasteiger partial charge < -0.3 is 14.3 Å². The van der Waals surface area contributed by atoms with Gasteiger partial charge in [-0.15, -0.1) is 5.06 Å². The van der Waals surface area contributed by atoms with Crippen LogP contribution in [0.3, 0.4) is 0 Å². The Balaban J connectivity index is 2.22. The van der Waals surface area contributed by atoms with Gasteiger partial charge in [0.2, 0.25) is 10.0 Å². The monoisotopic (exact) mass is 440 g/mol. The summed E-state index contributed by atoms with van der Waals surface area (Å²) in [5.74, 6) is 0.516. The molecule has 0 fully saturated rings. The van der Waals surface area contributed by atoms with Crippen molar-refractivity contribution in [1.29, 1.82) is 0 Å². The number of nitrogens with zero attached hydrogens (tertiary/aromatic N) is 1. The summed E-state index contributed by atoms with van der Waals surface area (Å²) < 4.78 is 48.2. The largest absolute Gasteiger partial charge is 0.495 e. The minimum Gasteiger partial charge on any atom is -0.495 e. The van der Waals surface area contributed by atoms with Crippen molar-refractivity contribution in [1.82, 2.24) is 5.06 Å². The lowest BCUT2D eigenvalue weighted by molar-refractivity contribution is -0.0876. The maximum Gasteiger partial charge on any atom is 0.241 e. The number of likely N-dealkylation sites (N-methyl/N-ethyl adjacent to an activating group) is 1. The van der Waals surface area contributed by atoms with Gasteiger partial charge in [-0.1, -0.05) is 13.0 Å². The van der Waals surface area contributed by atoms with Crippen LogP contribution in [0.5, 0.6) is 17.2 Å². The zero-order valence-corrected chi connectivity index (χ0v) is 18.5. The highest BCUT2D eigenvalue weighted by atomic mass is 32.2. The van der Waals surface area contributed by atoms with Crippen molar-refractivity contribution in [2.75, 3.05) is 20.3 Å². The smallest absolute Gasteiger partial charge is 0.241 e. The summed E-state index contributed by atoms with van der Waals surface area (Å²) in [7, 11) is -2.54. The van der Waals surface area contributed by atoms with Crippen LogP contribution in [0.25, 0.3) is 0 Å². The van der Waals surface area contributed by atoms with Crippen LogP contribution < -0.4 is 19.5 Å². The molecule has 0 saturated heterocycles. The Morgan fingerprint density at radius 1 is 1.10 bits per heavy atom. The summed E-state index contributed by atoms with van der Waals surface area (Å²) in [6, 6.07) is 8.84. The van der Waals surface area contributed by atoms with E-state index in [-0.39, 0.29) is 22.4 Å². The average Bonchev–Trinajstić information content (AvgIpc) is 2.70. The maximum atomic E-state index is 13.8. The molecule has 0 aliphatic carbocycles. The first-order chi connectivity index (χ1) is 14.2. The van der Waals surface area contributed by atoms with Crippen LogP contribution in [-0.2, 0) is 16.4 Å². The molecular formula is C21H29FN2O5S. The van der Waals surface area contributed by atoms with Crippen molar-refractivity contribution in [3.8, 4) is 17.2 Å². The third-order valence-corrected chi connectivity index (χ3v) is 5.38. The molecule has 30 heavy (non-hydrogen) atoms.